The van der Waals surface area contributed by atoms with Gasteiger partial charge in [0.25, 0.3) is 0 Å². The summed E-state index contributed by atoms with van der Waals surface area (Å²) in [6, 6.07) is 12.2. The van der Waals surface area contributed by atoms with Crippen LogP contribution in [0.2, 0.25) is 0 Å². The van der Waals surface area contributed by atoms with E-state index in [-0.39, 0.29) is 0 Å². The normalized spacial score (nSPS) is 13.3. The van der Waals surface area contributed by atoms with E-state index < -0.39 is 6.03 Å². The van der Waals surface area contributed by atoms with Crippen molar-refractivity contribution >= 4 is 23.4 Å². The zero-order chi connectivity index (χ0) is 24.0. The Morgan fingerprint density at radius 3 is 2.54 bits per heavy atom. The summed E-state index contributed by atoms with van der Waals surface area (Å²) in [4.78, 5) is 28.2. The van der Waals surface area contributed by atoms with Crippen molar-refractivity contribution in [3.8, 4) is 28.4 Å². The Morgan fingerprint density at radius 2 is 1.86 bits per heavy atom. The second kappa shape index (κ2) is 10.2. The van der Waals surface area contributed by atoms with Crippen LogP contribution in [0, 0.1) is 0 Å². The molecule has 3 aromatic heterocycles. The van der Waals surface area contributed by atoms with E-state index in [4.69, 9.17) is 24.0 Å². The van der Waals surface area contributed by atoms with Gasteiger partial charge in [0, 0.05) is 48.4 Å². The molecule has 5 rings (SSSR count). The molecule has 0 spiro atoms. The lowest BCUT2D eigenvalue weighted by Gasteiger charge is -2.29. The van der Waals surface area contributed by atoms with Gasteiger partial charge >= 0.3 is 6.03 Å². The van der Waals surface area contributed by atoms with E-state index in [1.165, 1.54) is 6.26 Å². The third-order valence-electron chi connectivity index (χ3n) is 5.38. The van der Waals surface area contributed by atoms with Crippen LogP contribution in [0.4, 0.5) is 22.1 Å². The Balaban J connectivity index is 1.47. The molecule has 11 nitrogen and oxygen atoms in total. The van der Waals surface area contributed by atoms with Crippen molar-refractivity contribution in [2.45, 2.75) is 0 Å². The number of rotatable bonds is 6. The maximum absolute atomic E-state index is 12.2. The molecule has 1 aliphatic heterocycles. The number of nitrogens with zero attached hydrogens (tertiary/aromatic N) is 5. The number of methoxy groups -OCH3 is 1. The minimum Gasteiger partial charge on any atom is -0.491 e. The maximum Gasteiger partial charge on any atom is 0.324 e. The third-order valence-corrected chi connectivity index (χ3v) is 5.38. The van der Waals surface area contributed by atoms with Gasteiger partial charge in [-0.25, -0.2) is 14.8 Å². The van der Waals surface area contributed by atoms with E-state index in [0.29, 0.717) is 60.9 Å². The van der Waals surface area contributed by atoms with E-state index in [2.05, 4.69) is 25.7 Å². The summed E-state index contributed by atoms with van der Waals surface area (Å²) in [6.07, 6.45) is 4.84. The van der Waals surface area contributed by atoms with Crippen LogP contribution in [0.15, 0.2) is 65.6 Å². The highest BCUT2D eigenvalue weighted by Crippen LogP contribution is 2.38. The molecule has 0 saturated carbocycles. The summed E-state index contributed by atoms with van der Waals surface area (Å²) >= 11 is 0. The monoisotopic (exact) mass is 473 g/mol. The maximum atomic E-state index is 12.2. The molecule has 1 saturated heterocycles. The summed E-state index contributed by atoms with van der Waals surface area (Å²) in [5.41, 5.74) is 2.87. The average Bonchev–Trinajstić information content (AvgIpc) is 3.42. The van der Waals surface area contributed by atoms with Crippen LogP contribution in [0.5, 0.6) is 5.75 Å². The molecule has 0 radical (unpaired) electrons. The molecule has 0 atom stereocenters. The van der Waals surface area contributed by atoms with Crippen LogP contribution >= 0.6 is 0 Å². The smallest absolute Gasteiger partial charge is 0.324 e. The van der Waals surface area contributed by atoms with Crippen molar-refractivity contribution < 1.29 is 18.8 Å². The molecule has 35 heavy (non-hydrogen) atoms. The van der Waals surface area contributed by atoms with Gasteiger partial charge in [0.05, 0.1) is 20.3 Å². The number of aromatic nitrogens is 4. The highest BCUT2D eigenvalue weighted by Gasteiger charge is 2.23. The minimum atomic E-state index is -0.430. The molecule has 1 fully saturated rings. The van der Waals surface area contributed by atoms with Gasteiger partial charge in [-0.1, -0.05) is 5.16 Å². The first-order chi connectivity index (χ1) is 17.2. The van der Waals surface area contributed by atoms with E-state index in [1.807, 2.05) is 24.3 Å². The molecule has 0 aliphatic carbocycles. The quantitative estimate of drug-likeness (QED) is 0.431. The number of urea groups is 1. The largest absolute Gasteiger partial charge is 0.491 e. The van der Waals surface area contributed by atoms with Crippen molar-refractivity contribution in [1.29, 1.82) is 0 Å². The van der Waals surface area contributed by atoms with Gasteiger partial charge in [-0.2, -0.15) is 0 Å². The fourth-order valence-corrected chi connectivity index (χ4v) is 3.70. The number of hydrogen-bond acceptors (Lipinski definition) is 9. The van der Waals surface area contributed by atoms with Crippen molar-refractivity contribution in [1.82, 2.24) is 20.1 Å². The molecule has 0 unspecified atom stereocenters. The number of carbonyl (C=O) groups is 1. The first-order valence-corrected chi connectivity index (χ1v) is 11.0. The van der Waals surface area contributed by atoms with Crippen molar-refractivity contribution in [2.75, 3.05) is 48.9 Å². The van der Waals surface area contributed by atoms with E-state index in [0.717, 1.165) is 11.1 Å². The summed E-state index contributed by atoms with van der Waals surface area (Å²) in [6.45, 7) is 2.62. The van der Waals surface area contributed by atoms with Crippen LogP contribution < -0.4 is 20.3 Å². The number of nitrogens with one attached hydrogen (secondary N) is 2. The van der Waals surface area contributed by atoms with E-state index >= 15 is 0 Å². The molecule has 2 N–H and O–H groups in total. The van der Waals surface area contributed by atoms with Crippen LogP contribution in [0.25, 0.3) is 22.6 Å². The zero-order valence-electron chi connectivity index (χ0n) is 19.0. The summed E-state index contributed by atoms with van der Waals surface area (Å²) in [5, 5.41) is 8.99. The van der Waals surface area contributed by atoms with Crippen LogP contribution in [-0.4, -0.2) is 59.6 Å². The SMILES string of the molecule is COc1c(-c2cccnc2)nc(-c2ccc(NC(=O)Nc3ccon3)cc2)nc1N1CCOCC1. The molecule has 1 aliphatic rings. The number of morpholine rings is 1. The predicted molar refractivity (Wildman–Crippen MR) is 129 cm³/mol. The summed E-state index contributed by atoms with van der Waals surface area (Å²) in [5.74, 6) is 2.15. The second-order valence-corrected chi connectivity index (χ2v) is 7.63. The highest BCUT2D eigenvalue weighted by molar-refractivity contribution is 5.99. The van der Waals surface area contributed by atoms with Gasteiger partial charge in [-0.15, -0.1) is 0 Å². The lowest BCUT2D eigenvalue weighted by Crippen LogP contribution is -2.37. The molecule has 11 heteroatoms. The van der Waals surface area contributed by atoms with Crippen molar-refractivity contribution in [3.63, 3.8) is 0 Å². The first kappa shape index (κ1) is 22.3. The summed E-state index contributed by atoms with van der Waals surface area (Å²) < 4.78 is 16.0. The lowest BCUT2D eigenvalue weighted by atomic mass is 10.1. The van der Waals surface area contributed by atoms with Crippen molar-refractivity contribution in [3.05, 3.63) is 61.1 Å². The van der Waals surface area contributed by atoms with Gasteiger partial charge in [0.2, 0.25) is 0 Å². The molecule has 4 heterocycles. The minimum absolute atomic E-state index is 0.323. The number of pyridine rings is 1. The highest BCUT2D eigenvalue weighted by atomic mass is 16.5. The summed E-state index contributed by atoms with van der Waals surface area (Å²) in [7, 11) is 1.62. The number of carbonyl (C=O) groups excluding carboxylic acids is 1. The van der Waals surface area contributed by atoms with E-state index in [1.54, 1.807) is 37.7 Å². The van der Waals surface area contributed by atoms with Gasteiger partial charge < -0.3 is 24.2 Å². The van der Waals surface area contributed by atoms with Gasteiger partial charge in [-0.05, 0) is 36.4 Å². The standard InChI is InChI=1S/C24H23N7O4/c1-33-21-20(17-3-2-9-25-15-17)28-22(29-23(21)31-10-13-34-14-11-31)16-4-6-18(7-5-16)26-24(32)27-19-8-12-35-30-19/h2-9,12,15H,10-11,13-14H2,1H3,(H2,26,27,30,32). The predicted octanol–water partition coefficient (Wildman–Crippen LogP) is 3.68. The average molecular weight is 473 g/mol. The topological polar surface area (TPSA) is 128 Å². The van der Waals surface area contributed by atoms with Gasteiger partial charge in [0.1, 0.15) is 12.0 Å². The van der Waals surface area contributed by atoms with E-state index in [9.17, 15) is 4.79 Å². The van der Waals surface area contributed by atoms with Gasteiger partial charge in [0.15, 0.2) is 23.2 Å². The Labute approximate surface area is 201 Å². The lowest BCUT2D eigenvalue weighted by molar-refractivity contribution is 0.122. The Bertz CT molecular complexity index is 1280. The first-order valence-electron chi connectivity index (χ1n) is 11.0. The Kier molecular flexibility index (Phi) is 6.48. The van der Waals surface area contributed by atoms with Gasteiger partial charge in [-0.3, -0.25) is 10.3 Å². The zero-order valence-corrected chi connectivity index (χ0v) is 19.0. The van der Waals surface area contributed by atoms with Crippen molar-refractivity contribution in [2.24, 2.45) is 0 Å². The van der Waals surface area contributed by atoms with Crippen LogP contribution in [0.3, 0.4) is 0 Å². The third kappa shape index (κ3) is 5.04. The number of anilines is 3. The Morgan fingerprint density at radius 1 is 1.03 bits per heavy atom. The fraction of sp³-hybridized carbons (Fsp3) is 0.208. The Hall–Kier alpha value is -4.51. The fourth-order valence-electron chi connectivity index (χ4n) is 3.70. The number of benzene rings is 1. The van der Waals surface area contributed by atoms with Crippen LogP contribution in [0.1, 0.15) is 0 Å². The molecule has 2 amide bonds. The molecule has 0 bridgehead atoms. The molecular formula is C24H23N7O4. The second-order valence-electron chi connectivity index (χ2n) is 7.63. The molecular weight excluding hydrogens is 450 g/mol. The molecule has 4 aromatic rings. The molecule has 178 valence electrons. The number of ether oxygens (including phenoxy) is 2. The number of hydrogen-bond donors (Lipinski definition) is 2. The number of amides is 2. The van der Waals surface area contributed by atoms with Crippen LogP contribution in [-0.2, 0) is 4.74 Å². The molecule has 1 aromatic carbocycles.